The Balaban J connectivity index is 2.01. The highest BCUT2D eigenvalue weighted by molar-refractivity contribution is 7.92. The summed E-state index contributed by atoms with van der Waals surface area (Å²) in [5.74, 6) is -2.63. The fourth-order valence-corrected chi connectivity index (χ4v) is 2.92. The van der Waals surface area contributed by atoms with Crippen molar-refractivity contribution in [2.24, 2.45) is 5.92 Å². The van der Waals surface area contributed by atoms with Crippen molar-refractivity contribution in [1.82, 2.24) is 9.62 Å². The summed E-state index contributed by atoms with van der Waals surface area (Å²) >= 11 is 0. The number of carbonyl (C=O) groups is 1. The molecule has 1 N–H and O–H groups in total. The third-order valence-corrected chi connectivity index (χ3v) is 4.55. The van der Waals surface area contributed by atoms with E-state index in [-0.39, 0.29) is 19.0 Å². The minimum atomic E-state index is -3.52. The molecular formula is C14H16F2N2O3S. The number of likely N-dealkylation sites (tertiary alicyclic amines) is 1. The lowest BCUT2D eigenvalue weighted by molar-refractivity contribution is 0.0778. The van der Waals surface area contributed by atoms with E-state index in [0.717, 1.165) is 17.5 Å². The van der Waals surface area contributed by atoms with E-state index in [0.29, 0.717) is 13.0 Å². The summed E-state index contributed by atoms with van der Waals surface area (Å²) in [6, 6.07) is 3.25. The highest BCUT2D eigenvalue weighted by Crippen LogP contribution is 2.21. The van der Waals surface area contributed by atoms with Gasteiger partial charge in [-0.2, -0.15) is 0 Å². The molecule has 0 aromatic heterocycles. The Hall–Kier alpha value is -1.80. The molecule has 2 rings (SSSR count). The van der Waals surface area contributed by atoms with Gasteiger partial charge in [0.1, 0.15) is 17.2 Å². The summed E-state index contributed by atoms with van der Waals surface area (Å²) in [7, 11) is -3.52. The molecule has 1 aliphatic heterocycles. The molecule has 1 aromatic carbocycles. The molecule has 1 heterocycles. The summed E-state index contributed by atoms with van der Waals surface area (Å²) in [6.07, 6.45) is 0.557. The molecule has 1 saturated heterocycles. The first-order valence-corrected chi connectivity index (χ1v) is 8.24. The van der Waals surface area contributed by atoms with Crippen molar-refractivity contribution in [2.45, 2.75) is 6.42 Å². The van der Waals surface area contributed by atoms with Crippen molar-refractivity contribution in [3.63, 3.8) is 0 Å². The first-order valence-electron chi connectivity index (χ1n) is 6.69. The van der Waals surface area contributed by atoms with Crippen molar-refractivity contribution >= 4 is 15.9 Å². The molecule has 0 aliphatic carbocycles. The number of sulfonamides is 1. The lowest BCUT2D eigenvalue weighted by Gasteiger charge is -2.17. The van der Waals surface area contributed by atoms with Gasteiger partial charge < -0.3 is 4.90 Å². The summed E-state index contributed by atoms with van der Waals surface area (Å²) in [5.41, 5.74) is -0.574. The molecule has 8 heteroatoms. The van der Waals surface area contributed by atoms with E-state index in [9.17, 15) is 22.0 Å². The van der Waals surface area contributed by atoms with Gasteiger partial charge in [0.05, 0.1) is 0 Å². The molecule has 120 valence electrons. The molecule has 1 aromatic rings. The van der Waals surface area contributed by atoms with Crippen molar-refractivity contribution in [3.05, 3.63) is 47.4 Å². The van der Waals surface area contributed by atoms with Crippen LogP contribution in [0.25, 0.3) is 0 Å². The summed E-state index contributed by atoms with van der Waals surface area (Å²) in [4.78, 5) is 13.5. The van der Waals surface area contributed by atoms with E-state index < -0.39 is 33.1 Å². The topological polar surface area (TPSA) is 66.5 Å². The first kappa shape index (κ1) is 16.6. The third-order valence-electron chi connectivity index (χ3n) is 3.54. The van der Waals surface area contributed by atoms with Gasteiger partial charge in [-0.1, -0.05) is 12.6 Å². The van der Waals surface area contributed by atoms with Crippen LogP contribution in [0.4, 0.5) is 8.78 Å². The number of hydrogen-bond acceptors (Lipinski definition) is 3. The standard InChI is InChI=1S/C14H16F2N2O3S/c1-2-22(20,21)17-8-10-6-7-18(9-10)14(19)13-11(15)4-3-5-12(13)16/h2-5,10,17H,1,6-9H2. The number of nitrogens with zero attached hydrogens (tertiary/aromatic N) is 1. The molecule has 1 fully saturated rings. The average Bonchev–Trinajstić information content (AvgIpc) is 2.94. The Morgan fingerprint density at radius 2 is 2.05 bits per heavy atom. The Bertz CT molecular complexity index is 671. The molecule has 22 heavy (non-hydrogen) atoms. The molecule has 5 nitrogen and oxygen atoms in total. The minimum absolute atomic E-state index is 0.103. The fraction of sp³-hybridized carbons (Fsp3) is 0.357. The van der Waals surface area contributed by atoms with Gasteiger partial charge in [0.15, 0.2) is 0 Å². The van der Waals surface area contributed by atoms with E-state index in [4.69, 9.17) is 0 Å². The summed E-state index contributed by atoms with van der Waals surface area (Å²) in [6.45, 7) is 3.90. The van der Waals surface area contributed by atoms with Crippen LogP contribution in [-0.2, 0) is 10.0 Å². The second-order valence-corrected chi connectivity index (χ2v) is 6.77. The molecule has 1 atom stereocenters. The van der Waals surface area contributed by atoms with Crippen LogP contribution in [-0.4, -0.2) is 38.9 Å². The second kappa shape index (κ2) is 6.53. The minimum Gasteiger partial charge on any atom is -0.338 e. The SMILES string of the molecule is C=CS(=O)(=O)NCC1CCN(C(=O)c2c(F)cccc2F)C1. The number of hydrogen-bond donors (Lipinski definition) is 1. The number of nitrogens with one attached hydrogen (secondary N) is 1. The molecule has 1 amide bonds. The van der Waals surface area contributed by atoms with Crippen LogP contribution in [0.2, 0.25) is 0 Å². The molecule has 1 unspecified atom stereocenters. The van der Waals surface area contributed by atoms with Crippen molar-refractivity contribution in [3.8, 4) is 0 Å². The van der Waals surface area contributed by atoms with Crippen LogP contribution in [0.15, 0.2) is 30.2 Å². The lowest BCUT2D eigenvalue weighted by atomic mass is 10.1. The average molecular weight is 330 g/mol. The van der Waals surface area contributed by atoms with Crippen LogP contribution in [0, 0.1) is 17.6 Å². The van der Waals surface area contributed by atoms with Crippen LogP contribution in [0.3, 0.4) is 0 Å². The normalized spacial score (nSPS) is 18.5. The van der Waals surface area contributed by atoms with Gasteiger partial charge in [0.25, 0.3) is 5.91 Å². The van der Waals surface area contributed by atoms with Crippen LogP contribution >= 0.6 is 0 Å². The van der Waals surface area contributed by atoms with E-state index in [1.807, 2.05) is 0 Å². The van der Waals surface area contributed by atoms with Gasteiger partial charge in [0.2, 0.25) is 10.0 Å². The number of halogens is 2. The maximum Gasteiger partial charge on any atom is 0.259 e. The Morgan fingerprint density at radius 1 is 1.41 bits per heavy atom. The Morgan fingerprint density at radius 3 is 2.64 bits per heavy atom. The van der Waals surface area contributed by atoms with Gasteiger partial charge in [-0.15, -0.1) is 0 Å². The maximum atomic E-state index is 13.6. The molecule has 0 saturated carbocycles. The van der Waals surface area contributed by atoms with Gasteiger partial charge in [0, 0.05) is 25.0 Å². The first-order chi connectivity index (χ1) is 10.3. The molecule has 0 spiro atoms. The number of rotatable bonds is 5. The number of benzene rings is 1. The van der Waals surface area contributed by atoms with Crippen molar-refractivity contribution in [2.75, 3.05) is 19.6 Å². The molecule has 1 aliphatic rings. The largest absolute Gasteiger partial charge is 0.338 e. The van der Waals surface area contributed by atoms with Gasteiger partial charge in [-0.05, 0) is 24.5 Å². The van der Waals surface area contributed by atoms with E-state index in [1.54, 1.807) is 0 Å². The van der Waals surface area contributed by atoms with Crippen molar-refractivity contribution in [1.29, 1.82) is 0 Å². The Labute approximate surface area is 127 Å². The highest BCUT2D eigenvalue weighted by Gasteiger charge is 2.30. The van der Waals surface area contributed by atoms with E-state index >= 15 is 0 Å². The van der Waals surface area contributed by atoms with Crippen LogP contribution in [0.1, 0.15) is 16.8 Å². The quantitative estimate of drug-likeness (QED) is 0.889. The second-order valence-electron chi connectivity index (χ2n) is 5.06. The molecule has 0 radical (unpaired) electrons. The fourth-order valence-electron chi connectivity index (χ4n) is 2.34. The van der Waals surface area contributed by atoms with Gasteiger partial charge in [-0.25, -0.2) is 21.9 Å². The number of amides is 1. The van der Waals surface area contributed by atoms with Crippen molar-refractivity contribution < 1.29 is 22.0 Å². The summed E-state index contributed by atoms with van der Waals surface area (Å²) < 4.78 is 52.1. The molecular weight excluding hydrogens is 314 g/mol. The zero-order chi connectivity index (χ0) is 16.3. The maximum absolute atomic E-state index is 13.6. The zero-order valence-corrected chi connectivity index (χ0v) is 12.6. The van der Waals surface area contributed by atoms with Gasteiger partial charge >= 0.3 is 0 Å². The van der Waals surface area contributed by atoms with Crippen LogP contribution in [0.5, 0.6) is 0 Å². The van der Waals surface area contributed by atoms with E-state index in [2.05, 4.69) is 11.3 Å². The predicted molar refractivity (Wildman–Crippen MR) is 77.5 cm³/mol. The third kappa shape index (κ3) is 3.69. The Kier molecular flexibility index (Phi) is 4.92. The van der Waals surface area contributed by atoms with Gasteiger partial charge in [-0.3, -0.25) is 4.79 Å². The van der Waals surface area contributed by atoms with Crippen LogP contribution < -0.4 is 4.72 Å². The monoisotopic (exact) mass is 330 g/mol. The smallest absolute Gasteiger partial charge is 0.259 e. The predicted octanol–water partition coefficient (Wildman–Crippen LogP) is 1.49. The molecule has 0 bridgehead atoms. The van der Waals surface area contributed by atoms with E-state index in [1.165, 1.54) is 11.0 Å². The highest BCUT2D eigenvalue weighted by atomic mass is 32.2. The zero-order valence-electron chi connectivity index (χ0n) is 11.8. The number of carbonyl (C=O) groups excluding carboxylic acids is 1. The summed E-state index contributed by atoms with van der Waals surface area (Å²) in [5, 5.41) is 0.805. The lowest BCUT2D eigenvalue weighted by Crippen LogP contribution is -2.33.